The SMILES string of the molecule is COCCN(C)CC(=O)N(C)c1ccc(NC(=C2C(=O)Nc3cc(C(=O)OC)ccc32)c2ccccc2)cc1. The lowest BCUT2D eigenvalue weighted by Gasteiger charge is -2.22. The summed E-state index contributed by atoms with van der Waals surface area (Å²) in [7, 11) is 6.57. The second kappa shape index (κ2) is 12.4. The van der Waals surface area contributed by atoms with E-state index < -0.39 is 5.97 Å². The first-order valence-electron chi connectivity index (χ1n) is 12.5. The van der Waals surface area contributed by atoms with E-state index >= 15 is 0 Å². The van der Waals surface area contributed by atoms with Gasteiger partial charge in [0.25, 0.3) is 5.91 Å². The van der Waals surface area contributed by atoms with Gasteiger partial charge in [-0.3, -0.25) is 14.5 Å². The molecular weight excluding hydrogens is 496 g/mol. The summed E-state index contributed by atoms with van der Waals surface area (Å²) >= 11 is 0. The van der Waals surface area contributed by atoms with Crippen LogP contribution in [0.3, 0.4) is 0 Å². The van der Waals surface area contributed by atoms with E-state index in [1.165, 1.54) is 7.11 Å². The maximum Gasteiger partial charge on any atom is 0.337 e. The second-order valence-electron chi connectivity index (χ2n) is 9.18. The lowest BCUT2D eigenvalue weighted by molar-refractivity contribution is -0.119. The van der Waals surface area contributed by atoms with Crippen LogP contribution in [0.1, 0.15) is 21.5 Å². The molecule has 0 fully saturated rings. The number of nitrogens with one attached hydrogen (secondary N) is 2. The molecule has 4 rings (SSSR count). The lowest BCUT2D eigenvalue weighted by atomic mass is 9.99. The Morgan fingerprint density at radius 3 is 2.31 bits per heavy atom. The summed E-state index contributed by atoms with van der Waals surface area (Å²) in [5, 5.41) is 6.28. The van der Waals surface area contributed by atoms with Gasteiger partial charge in [0.05, 0.1) is 42.8 Å². The van der Waals surface area contributed by atoms with Crippen LogP contribution in [-0.2, 0) is 19.1 Å². The summed E-state index contributed by atoms with van der Waals surface area (Å²) in [5.74, 6) is -0.791. The third kappa shape index (κ3) is 6.34. The number of rotatable bonds is 10. The number of fused-ring (bicyclic) bond motifs is 1. The van der Waals surface area contributed by atoms with Crippen molar-refractivity contribution in [1.29, 1.82) is 0 Å². The van der Waals surface area contributed by atoms with E-state index in [-0.39, 0.29) is 18.4 Å². The van der Waals surface area contributed by atoms with Crippen molar-refractivity contribution < 1.29 is 23.9 Å². The number of likely N-dealkylation sites (N-methyl/N-ethyl adjacent to an activating group) is 2. The highest BCUT2D eigenvalue weighted by atomic mass is 16.5. The number of carbonyl (C=O) groups excluding carboxylic acids is 3. The monoisotopic (exact) mass is 528 g/mol. The Kier molecular flexibility index (Phi) is 8.75. The third-order valence-corrected chi connectivity index (χ3v) is 6.48. The zero-order chi connectivity index (χ0) is 27.9. The minimum absolute atomic E-state index is 0.0352. The number of ether oxygens (including phenoxy) is 2. The van der Waals surface area contributed by atoms with Crippen molar-refractivity contribution in [2.45, 2.75) is 0 Å². The Balaban J connectivity index is 1.62. The number of esters is 1. The average molecular weight is 529 g/mol. The zero-order valence-electron chi connectivity index (χ0n) is 22.5. The maximum atomic E-state index is 13.2. The van der Waals surface area contributed by atoms with Crippen LogP contribution in [0.15, 0.2) is 72.8 Å². The summed E-state index contributed by atoms with van der Waals surface area (Å²) in [6.45, 7) is 1.49. The molecule has 0 saturated heterocycles. The molecule has 3 aromatic carbocycles. The van der Waals surface area contributed by atoms with Gasteiger partial charge in [0.15, 0.2) is 0 Å². The molecule has 0 saturated carbocycles. The predicted molar refractivity (Wildman–Crippen MR) is 153 cm³/mol. The number of benzene rings is 3. The van der Waals surface area contributed by atoms with Gasteiger partial charge in [0, 0.05) is 37.6 Å². The molecule has 1 heterocycles. The van der Waals surface area contributed by atoms with Crippen LogP contribution < -0.4 is 15.5 Å². The highest BCUT2D eigenvalue weighted by Gasteiger charge is 2.29. The van der Waals surface area contributed by atoms with E-state index in [1.807, 2.05) is 66.5 Å². The Morgan fingerprint density at radius 1 is 0.923 bits per heavy atom. The first kappa shape index (κ1) is 27.6. The van der Waals surface area contributed by atoms with Crippen LogP contribution in [0.5, 0.6) is 0 Å². The molecule has 0 atom stereocenters. The topological polar surface area (TPSA) is 100 Å². The fraction of sp³-hybridized carbons (Fsp3) is 0.233. The molecule has 0 unspecified atom stereocenters. The maximum absolute atomic E-state index is 13.2. The molecule has 202 valence electrons. The smallest absolute Gasteiger partial charge is 0.337 e. The van der Waals surface area contributed by atoms with Crippen molar-refractivity contribution in [1.82, 2.24) is 4.90 Å². The molecule has 0 aromatic heterocycles. The highest BCUT2D eigenvalue weighted by Crippen LogP contribution is 2.38. The Hall–Kier alpha value is -4.47. The van der Waals surface area contributed by atoms with Gasteiger partial charge in [-0.05, 0) is 49.0 Å². The Labute approximate surface area is 228 Å². The van der Waals surface area contributed by atoms with E-state index in [4.69, 9.17) is 9.47 Å². The van der Waals surface area contributed by atoms with Crippen molar-refractivity contribution in [2.24, 2.45) is 0 Å². The van der Waals surface area contributed by atoms with Gasteiger partial charge in [-0.15, -0.1) is 0 Å². The zero-order valence-corrected chi connectivity index (χ0v) is 22.5. The van der Waals surface area contributed by atoms with Crippen LogP contribution in [0.25, 0.3) is 11.3 Å². The molecule has 39 heavy (non-hydrogen) atoms. The minimum Gasteiger partial charge on any atom is -0.465 e. The van der Waals surface area contributed by atoms with Crippen LogP contribution in [0.2, 0.25) is 0 Å². The van der Waals surface area contributed by atoms with Gasteiger partial charge in [-0.1, -0.05) is 36.4 Å². The first-order chi connectivity index (χ1) is 18.8. The van der Waals surface area contributed by atoms with Gasteiger partial charge in [0.2, 0.25) is 5.91 Å². The number of anilines is 3. The number of nitrogens with zero attached hydrogens (tertiary/aromatic N) is 2. The lowest BCUT2D eigenvalue weighted by Crippen LogP contribution is -2.37. The number of hydrogen-bond acceptors (Lipinski definition) is 7. The normalized spacial score (nSPS) is 13.5. The molecule has 0 bridgehead atoms. The fourth-order valence-corrected chi connectivity index (χ4v) is 4.27. The largest absolute Gasteiger partial charge is 0.465 e. The van der Waals surface area contributed by atoms with Crippen molar-refractivity contribution in [3.63, 3.8) is 0 Å². The highest BCUT2D eigenvalue weighted by molar-refractivity contribution is 6.37. The van der Waals surface area contributed by atoms with E-state index in [0.29, 0.717) is 41.2 Å². The molecule has 0 radical (unpaired) electrons. The average Bonchev–Trinajstić information content (AvgIpc) is 3.29. The van der Waals surface area contributed by atoms with Crippen molar-refractivity contribution in [3.8, 4) is 0 Å². The molecule has 0 spiro atoms. The van der Waals surface area contributed by atoms with Gasteiger partial charge >= 0.3 is 5.97 Å². The number of carbonyl (C=O) groups is 3. The van der Waals surface area contributed by atoms with Crippen LogP contribution >= 0.6 is 0 Å². The summed E-state index contributed by atoms with van der Waals surface area (Å²) in [5.41, 5.74) is 4.97. The minimum atomic E-state index is -0.476. The summed E-state index contributed by atoms with van der Waals surface area (Å²) in [4.78, 5) is 41.4. The molecule has 1 aliphatic rings. The molecule has 9 nitrogen and oxygen atoms in total. The number of methoxy groups -OCH3 is 2. The van der Waals surface area contributed by atoms with Gasteiger partial charge < -0.3 is 25.0 Å². The van der Waals surface area contributed by atoms with E-state index in [9.17, 15) is 14.4 Å². The predicted octanol–water partition coefficient (Wildman–Crippen LogP) is 3.95. The molecule has 2 N–H and O–H groups in total. The second-order valence-corrected chi connectivity index (χ2v) is 9.18. The summed E-state index contributed by atoms with van der Waals surface area (Å²) in [6.07, 6.45) is 0. The molecular formula is C30H32N4O5. The van der Waals surface area contributed by atoms with Crippen molar-refractivity contribution in [3.05, 3.63) is 89.5 Å². The molecule has 3 aromatic rings. The van der Waals surface area contributed by atoms with Crippen LogP contribution in [0, 0.1) is 0 Å². The summed E-state index contributed by atoms with van der Waals surface area (Å²) in [6, 6.07) is 22.0. The third-order valence-electron chi connectivity index (χ3n) is 6.48. The van der Waals surface area contributed by atoms with Crippen molar-refractivity contribution in [2.75, 3.05) is 63.5 Å². The molecule has 0 aliphatic carbocycles. The molecule has 2 amide bonds. The van der Waals surface area contributed by atoms with Crippen LogP contribution in [0.4, 0.5) is 17.1 Å². The number of hydrogen-bond donors (Lipinski definition) is 2. The van der Waals surface area contributed by atoms with Crippen molar-refractivity contribution >= 4 is 46.1 Å². The molecule has 1 aliphatic heterocycles. The molecule has 9 heteroatoms. The summed E-state index contributed by atoms with van der Waals surface area (Å²) < 4.78 is 9.89. The van der Waals surface area contributed by atoms with E-state index in [1.54, 1.807) is 37.3 Å². The van der Waals surface area contributed by atoms with Crippen LogP contribution in [-0.4, -0.2) is 70.7 Å². The van der Waals surface area contributed by atoms with Gasteiger partial charge in [-0.25, -0.2) is 4.79 Å². The quantitative estimate of drug-likeness (QED) is 0.304. The van der Waals surface area contributed by atoms with E-state index in [2.05, 4.69) is 10.6 Å². The number of amides is 2. The van der Waals surface area contributed by atoms with Gasteiger partial charge in [-0.2, -0.15) is 0 Å². The Bertz CT molecular complexity index is 1390. The van der Waals surface area contributed by atoms with Gasteiger partial charge in [0.1, 0.15) is 0 Å². The standard InChI is InChI=1S/C30H32N4O5/c1-33(16-17-38-3)19-26(35)34(2)23-13-11-22(12-14-23)31-28(20-8-6-5-7-9-20)27-24-15-10-21(30(37)39-4)18-25(24)32-29(27)36/h5-15,18,31H,16-17,19H2,1-4H3,(H,32,36). The fourth-order valence-electron chi connectivity index (χ4n) is 4.27. The Morgan fingerprint density at radius 2 is 1.64 bits per heavy atom. The first-order valence-corrected chi connectivity index (χ1v) is 12.5. The van der Waals surface area contributed by atoms with E-state index in [0.717, 1.165) is 16.9 Å².